The van der Waals surface area contributed by atoms with Gasteiger partial charge in [0, 0.05) is 19.3 Å². The van der Waals surface area contributed by atoms with Gasteiger partial charge < -0.3 is 14.2 Å². The van der Waals surface area contributed by atoms with E-state index in [1.807, 2.05) is 12.2 Å². The maximum Gasteiger partial charge on any atom is 0.306 e. The minimum Gasteiger partial charge on any atom is -0.462 e. The molecule has 0 amide bonds. The average Bonchev–Trinajstić information content (AvgIpc) is 3.24. The second-order valence-electron chi connectivity index (χ2n) is 15.6. The smallest absolute Gasteiger partial charge is 0.306 e. The van der Waals surface area contributed by atoms with E-state index in [0.29, 0.717) is 19.3 Å². The summed E-state index contributed by atoms with van der Waals surface area (Å²) < 4.78 is 16.6. The Labute approximate surface area is 368 Å². The quantitative estimate of drug-likeness (QED) is 0.0264. The van der Waals surface area contributed by atoms with Crippen molar-refractivity contribution in [3.05, 3.63) is 97.2 Å². The lowest BCUT2D eigenvalue weighted by molar-refractivity contribution is -0.166. The normalized spacial score (nSPS) is 12.9. The van der Waals surface area contributed by atoms with Crippen LogP contribution in [0.4, 0.5) is 0 Å². The number of ether oxygens (including phenoxy) is 3. The van der Waals surface area contributed by atoms with E-state index < -0.39 is 6.10 Å². The van der Waals surface area contributed by atoms with Gasteiger partial charge in [0.15, 0.2) is 6.10 Å². The van der Waals surface area contributed by atoms with Crippen molar-refractivity contribution in [3.8, 4) is 0 Å². The van der Waals surface area contributed by atoms with E-state index in [1.54, 1.807) is 0 Å². The van der Waals surface area contributed by atoms with E-state index >= 15 is 0 Å². The van der Waals surface area contributed by atoms with Gasteiger partial charge in [0.25, 0.3) is 0 Å². The Morgan fingerprint density at radius 3 is 1.18 bits per heavy atom. The molecule has 1 unspecified atom stereocenters. The maximum absolute atomic E-state index is 12.7. The van der Waals surface area contributed by atoms with Crippen LogP contribution in [0, 0.1) is 0 Å². The zero-order valence-corrected chi connectivity index (χ0v) is 38.7. The van der Waals surface area contributed by atoms with Crippen molar-refractivity contribution >= 4 is 17.9 Å². The summed E-state index contributed by atoms with van der Waals surface area (Å²) in [5, 5.41) is 0. The molecule has 0 aromatic rings. The fraction of sp³-hybridized carbons (Fsp3) is 0.648. The molecule has 0 aromatic carbocycles. The topological polar surface area (TPSA) is 78.9 Å². The third-order valence-corrected chi connectivity index (χ3v) is 9.82. The molecule has 0 saturated heterocycles. The standard InChI is InChI=1S/C54H88O6/c1-4-7-10-13-16-19-22-24-25-26-27-28-29-31-32-35-38-41-44-47-53(56)59-50-51(49-58-52(55)46-43-40-37-34-21-18-15-12-9-6-3)60-54(57)48-45-42-39-36-33-30-23-20-17-14-11-8-5-2/h7,10-11,14,16,19-20,23-25,27-28,31-32,38,41,51H,4-6,8-9,12-13,15,17-18,21-22,26,29-30,33-37,39-40,42-50H2,1-3H3/b10-7-,14-11-,19-16-,23-20-,25-24-,28-27-,32-31-,41-38-. The Balaban J connectivity index is 4.50. The van der Waals surface area contributed by atoms with Crippen LogP contribution in [-0.2, 0) is 28.6 Å². The van der Waals surface area contributed by atoms with Crippen LogP contribution in [0.5, 0.6) is 0 Å². The van der Waals surface area contributed by atoms with Crippen molar-refractivity contribution in [2.45, 2.75) is 213 Å². The maximum atomic E-state index is 12.7. The van der Waals surface area contributed by atoms with Crippen LogP contribution in [0.3, 0.4) is 0 Å². The number of hydrogen-bond acceptors (Lipinski definition) is 6. The third-order valence-electron chi connectivity index (χ3n) is 9.82. The number of rotatable bonds is 42. The van der Waals surface area contributed by atoms with Gasteiger partial charge in [-0.15, -0.1) is 0 Å². The van der Waals surface area contributed by atoms with E-state index in [-0.39, 0.29) is 37.5 Å². The molecule has 60 heavy (non-hydrogen) atoms. The molecule has 340 valence electrons. The minimum atomic E-state index is -0.812. The number of carbonyl (C=O) groups excluding carboxylic acids is 3. The van der Waals surface area contributed by atoms with Crippen LogP contribution in [0.15, 0.2) is 97.2 Å². The van der Waals surface area contributed by atoms with Gasteiger partial charge in [-0.2, -0.15) is 0 Å². The first-order valence-corrected chi connectivity index (χ1v) is 24.2. The number of esters is 3. The summed E-state index contributed by atoms with van der Waals surface area (Å²) in [7, 11) is 0. The molecule has 0 N–H and O–H groups in total. The molecule has 0 aromatic heterocycles. The predicted molar refractivity (Wildman–Crippen MR) is 256 cm³/mol. The number of unbranched alkanes of at least 4 members (excludes halogenated alkanes) is 15. The Bertz CT molecular complexity index is 1230. The summed E-state index contributed by atoms with van der Waals surface area (Å²) in [5.74, 6) is -1.02. The largest absolute Gasteiger partial charge is 0.462 e. The lowest BCUT2D eigenvalue weighted by Crippen LogP contribution is -2.30. The highest BCUT2D eigenvalue weighted by Crippen LogP contribution is 2.13. The molecule has 0 fully saturated rings. The molecule has 0 spiro atoms. The molecule has 6 heteroatoms. The number of carbonyl (C=O) groups is 3. The SMILES string of the molecule is CC/C=C\C/C=C\C/C=C\C/C=C\C/C=C\C/C=C\CCC(=O)OCC(COC(=O)CCCCCCCCCCCC)OC(=O)CCCCCCC/C=C\C/C=C\CCC. The Hall–Kier alpha value is -3.67. The van der Waals surface area contributed by atoms with Gasteiger partial charge >= 0.3 is 17.9 Å². The summed E-state index contributed by atoms with van der Waals surface area (Å²) in [5.41, 5.74) is 0. The van der Waals surface area contributed by atoms with E-state index in [9.17, 15) is 14.4 Å². The molecule has 0 rings (SSSR count). The van der Waals surface area contributed by atoms with Gasteiger partial charge in [-0.25, -0.2) is 0 Å². The second-order valence-corrected chi connectivity index (χ2v) is 15.6. The van der Waals surface area contributed by atoms with Gasteiger partial charge in [-0.1, -0.05) is 201 Å². The van der Waals surface area contributed by atoms with Gasteiger partial charge in [0.05, 0.1) is 0 Å². The second kappa shape index (κ2) is 48.0. The Morgan fingerprint density at radius 1 is 0.350 bits per heavy atom. The summed E-state index contributed by atoms with van der Waals surface area (Å²) in [6.07, 6.45) is 62.6. The summed E-state index contributed by atoms with van der Waals surface area (Å²) in [6, 6.07) is 0. The Kier molecular flexibility index (Phi) is 45.1. The summed E-state index contributed by atoms with van der Waals surface area (Å²) in [4.78, 5) is 37.8. The first kappa shape index (κ1) is 56.3. The molecule has 0 aliphatic heterocycles. The van der Waals surface area contributed by atoms with Gasteiger partial charge in [-0.05, 0) is 83.5 Å². The van der Waals surface area contributed by atoms with Crippen LogP contribution in [-0.4, -0.2) is 37.2 Å². The first-order chi connectivity index (χ1) is 29.5. The zero-order valence-electron chi connectivity index (χ0n) is 38.7. The van der Waals surface area contributed by atoms with Gasteiger partial charge in [0.1, 0.15) is 13.2 Å². The lowest BCUT2D eigenvalue weighted by atomic mass is 10.1. The van der Waals surface area contributed by atoms with E-state index in [4.69, 9.17) is 14.2 Å². The van der Waals surface area contributed by atoms with Gasteiger partial charge in [0.2, 0.25) is 0 Å². The van der Waals surface area contributed by atoms with Gasteiger partial charge in [-0.3, -0.25) is 14.4 Å². The van der Waals surface area contributed by atoms with Crippen molar-refractivity contribution in [1.82, 2.24) is 0 Å². The molecule has 0 aliphatic carbocycles. The minimum absolute atomic E-state index is 0.106. The Morgan fingerprint density at radius 2 is 0.717 bits per heavy atom. The lowest BCUT2D eigenvalue weighted by Gasteiger charge is -2.18. The molecule has 0 radical (unpaired) electrons. The molecule has 0 saturated carbocycles. The highest BCUT2D eigenvalue weighted by molar-refractivity contribution is 5.71. The predicted octanol–water partition coefficient (Wildman–Crippen LogP) is 15.8. The molecule has 1 atom stereocenters. The monoisotopic (exact) mass is 833 g/mol. The number of allylic oxidation sites excluding steroid dienone is 16. The van der Waals surface area contributed by atoms with E-state index in [0.717, 1.165) is 109 Å². The van der Waals surface area contributed by atoms with Crippen molar-refractivity contribution < 1.29 is 28.6 Å². The first-order valence-electron chi connectivity index (χ1n) is 24.2. The average molecular weight is 833 g/mol. The highest BCUT2D eigenvalue weighted by atomic mass is 16.6. The van der Waals surface area contributed by atoms with E-state index in [2.05, 4.69) is 106 Å². The molecule has 6 nitrogen and oxygen atoms in total. The summed E-state index contributed by atoms with van der Waals surface area (Å²) in [6.45, 7) is 6.35. The third kappa shape index (κ3) is 45.4. The van der Waals surface area contributed by atoms with Crippen molar-refractivity contribution in [2.24, 2.45) is 0 Å². The summed E-state index contributed by atoms with van der Waals surface area (Å²) >= 11 is 0. The number of hydrogen-bond donors (Lipinski definition) is 0. The molecule has 0 bridgehead atoms. The van der Waals surface area contributed by atoms with Crippen molar-refractivity contribution in [2.75, 3.05) is 13.2 Å². The molecule has 0 aliphatic rings. The fourth-order valence-electron chi connectivity index (χ4n) is 6.21. The van der Waals surface area contributed by atoms with Crippen LogP contribution in [0.1, 0.15) is 207 Å². The zero-order chi connectivity index (χ0) is 43.7. The highest BCUT2D eigenvalue weighted by Gasteiger charge is 2.19. The molecular weight excluding hydrogens is 745 g/mol. The van der Waals surface area contributed by atoms with Crippen LogP contribution < -0.4 is 0 Å². The van der Waals surface area contributed by atoms with Crippen molar-refractivity contribution in [1.29, 1.82) is 0 Å². The van der Waals surface area contributed by atoms with Crippen LogP contribution >= 0.6 is 0 Å². The molecule has 0 heterocycles. The van der Waals surface area contributed by atoms with Crippen molar-refractivity contribution in [3.63, 3.8) is 0 Å². The van der Waals surface area contributed by atoms with Crippen LogP contribution in [0.25, 0.3) is 0 Å². The fourth-order valence-corrected chi connectivity index (χ4v) is 6.21. The molecular formula is C54H88O6. The van der Waals surface area contributed by atoms with Crippen LogP contribution in [0.2, 0.25) is 0 Å². The van der Waals surface area contributed by atoms with E-state index in [1.165, 1.54) is 51.4 Å².